The van der Waals surface area contributed by atoms with E-state index in [0.717, 1.165) is 17.8 Å². The average molecular weight is 433 g/mol. The summed E-state index contributed by atoms with van der Waals surface area (Å²) >= 11 is 0. The summed E-state index contributed by atoms with van der Waals surface area (Å²) in [6.45, 7) is 3.66. The summed E-state index contributed by atoms with van der Waals surface area (Å²) in [6, 6.07) is 6.58. The van der Waals surface area contributed by atoms with Gasteiger partial charge in [0.25, 0.3) is 5.91 Å². The minimum absolute atomic E-state index is 0.109. The molecule has 164 valence electrons. The van der Waals surface area contributed by atoms with E-state index in [1.54, 1.807) is 18.2 Å². The minimum atomic E-state index is -3.61. The van der Waals surface area contributed by atoms with Crippen LogP contribution in [-0.2, 0) is 14.8 Å². The molecule has 1 unspecified atom stereocenters. The topological polar surface area (TPSA) is 75.7 Å². The zero-order chi connectivity index (χ0) is 20.9. The van der Waals surface area contributed by atoms with Gasteiger partial charge in [-0.05, 0) is 86.8 Å². The lowest BCUT2D eigenvalue weighted by atomic mass is 9.48. The normalized spacial score (nSPS) is 34.6. The zero-order valence-electron chi connectivity index (χ0n) is 17.7. The maximum absolute atomic E-state index is 13.1. The first-order valence-electron chi connectivity index (χ1n) is 11.3. The van der Waals surface area contributed by atoms with E-state index in [4.69, 9.17) is 4.74 Å². The highest BCUT2D eigenvalue weighted by molar-refractivity contribution is 7.89. The van der Waals surface area contributed by atoms with E-state index in [2.05, 4.69) is 12.2 Å². The molecular weight excluding hydrogens is 400 g/mol. The van der Waals surface area contributed by atoms with Crippen LogP contribution in [0.2, 0.25) is 0 Å². The van der Waals surface area contributed by atoms with Crippen molar-refractivity contribution < 1.29 is 17.9 Å². The number of hydrogen-bond acceptors (Lipinski definition) is 4. The number of benzene rings is 1. The van der Waals surface area contributed by atoms with Crippen LogP contribution < -0.4 is 5.32 Å². The summed E-state index contributed by atoms with van der Waals surface area (Å²) in [7, 11) is -3.61. The molecule has 1 aromatic carbocycles. The Kier molecular flexibility index (Phi) is 5.19. The summed E-state index contributed by atoms with van der Waals surface area (Å²) in [5.41, 5.74) is 0.642. The van der Waals surface area contributed by atoms with Gasteiger partial charge in [0, 0.05) is 24.7 Å². The van der Waals surface area contributed by atoms with Crippen LogP contribution >= 0.6 is 0 Å². The molecule has 5 fully saturated rings. The lowest BCUT2D eigenvalue weighted by Gasteiger charge is -2.59. The Bertz CT molecular complexity index is 888. The van der Waals surface area contributed by atoms with Crippen LogP contribution in [0.4, 0.5) is 0 Å². The lowest BCUT2D eigenvalue weighted by molar-refractivity contribution is -0.0688. The highest BCUT2D eigenvalue weighted by Gasteiger charge is 2.53. The summed E-state index contributed by atoms with van der Waals surface area (Å²) in [6.07, 6.45) is 7.81. The van der Waals surface area contributed by atoms with E-state index in [-0.39, 0.29) is 22.3 Å². The molecule has 4 aliphatic carbocycles. The molecule has 1 heterocycles. The molecule has 0 spiro atoms. The van der Waals surface area contributed by atoms with Gasteiger partial charge in [0.15, 0.2) is 0 Å². The Labute approximate surface area is 179 Å². The van der Waals surface area contributed by atoms with Gasteiger partial charge in [-0.15, -0.1) is 0 Å². The molecule has 1 aromatic rings. The number of nitrogens with zero attached hydrogens (tertiary/aromatic N) is 1. The Balaban J connectivity index is 1.31. The number of hydrogen-bond donors (Lipinski definition) is 1. The molecule has 5 aliphatic rings. The first kappa shape index (κ1) is 20.5. The van der Waals surface area contributed by atoms with Gasteiger partial charge in [-0.3, -0.25) is 4.79 Å². The molecule has 0 radical (unpaired) electrons. The maximum Gasteiger partial charge on any atom is 0.251 e. The Hall–Kier alpha value is -1.44. The average Bonchev–Trinajstić information content (AvgIpc) is 2.73. The summed E-state index contributed by atoms with van der Waals surface area (Å²) in [5.74, 6) is 2.32. The van der Waals surface area contributed by atoms with Gasteiger partial charge in [0.2, 0.25) is 10.0 Å². The van der Waals surface area contributed by atoms with Gasteiger partial charge in [0.1, 0.15) is 0 Å². The van der Waals surface area contributed by atoms with Crippen molar-refractivity contribution in [3.8, 4) is 0 Å². The molecule has 1 aliphatic heterocycles. The molecule has 1 saturated heterocycles. The van der Waals surface area contributed by atoms with Gasteiger partial charge in [-0.2, -0.15) is 4.31 Å². The number of morpholine rings is 1. The third kappa shape index (κ3) is 3.59. The van der Waals surface area contributed by atoms with Crippen molar-refractivity contribution in [1.82, 2.24) is 9.62 Å². The van der Waals surface area contributed by atoms with Crippen LogP contribution in [0.1, 0.15) is 55.8 Å². The van der Waals surface area contributed by atoms with Crippen LogP contribution in [0.15, 0.2) is 29.2 Å². The standard InChI is InChI=1S/C23H32N2O4S/c1-16(23-13-17-9-18(14-23)11-19(10-17)15-23)24-22(26)20-3-2-4-21(12-20)30(27,28)25-5-7-29-8-6-25/h2-4,12,16-19H,5-11,13-15H2,1H3,(H,24,26). The van der Waals surface area contributed by atoms with Crippen molar-refractivity contribution in [2.45, 2.75) is 56.4 Å². The van der Waals surface area contributed by atoms with E-state index in [1.807, 2.05) is 0 Å². The van der Waals surface area contributed by atoms with Gasteiger partial charge >= 0.3 is 0 Å². The Morgan fingerprint density at radius 2 is 1.70 bits per heavy atom. The third-order valence-electron chi connectivity index (χ3n) is 8.06. The third-order valence-corrected chi connectivity index (χ3v) is 9.95. The number of sulfonamides is 1. The SMILES string of the molecule is CC(NC(=O)c1cccc(S(=O)(=O)N2CCOCC2)c1)C12CC3CC(CC(C3)C1)C2. The fraction of sp³-hybridized carbons (Fsp3) is 0.696. The zero-order valence-corrected chi connectivity index (χ0v) is 18.5. The van der Waals surface area contributed by atoms with Crippen LogP contribution in [0.5, 0.6) is 0 Å². The van der Waals surface area contributed by atoms with Crippen molar-refractivity contribution >= 4 is 15.9 Å². The highest BCUT2D eigenvalue weighted by atomic mass is 32.2. The summed E-state index contributed by atoms with van der Waals surface area (Å²) in [5, 5.41) is 3.24. The number of rotatable bonds is 5. The second-order valence-corrected chi connectivity index (χ2v) is 12.0. The second kappa shape index (κ2) is 7.61. The molecule has 4 saturated carbocycles. The predicted octanol–water partition coefficient (Wildman–Crippen LogP) is 3.04. The molecular formula is C23H32N2O4S. The van der Waals surface area contributed by atoms with Crippen LogP contribution in [0, 0.1) is 23.2 Å². The van der Waals surface area contributed by atoms with Crippen LogP contribution in [0.25, 0.3) is 0 Å². The number of ether oxygens (including phenoxy) is 1. The minimum Gasteiger partial charge on any atom is -0.379 e. The smallest absolute Gasteiger partial charge is 0.251 e. The fourth-order valence-electron chi connectivity index (χ4n) is 6.87. The molecule has 1 N–H and O–H groups in total. The molecule has 6 rings (SSSR count). The van der Waals surface area contributed by atoms with Gasteiger partial charge in [-0.25, -0.2) is 8.42 Å². The van der Waals surface area contributed by atoms with E-state index < -0.39 is 10.0 Å². The summed E-state index contributed by atoms with van der Waals surface area (Å²) < 4.78 is 32.6. The number of nitrogens with one attached hydrogen (secondary N) is 1. The molecule has 30 heavy (non-hydrogen) atoms. The van der Waals surface area contributed by atoms with Gasteiger partial charge < -0.3 is 10.1 Å². The van der Waals surface area contributed by atoms with Crippen molar-refractivity contribution in [3.63, 3.8) is 0 Å². The van der Waals surface area contributed by atoms with Gasteiger partial charge in [-0.1, -0.05) is 6.07 Å². The second-order valence-electron chi connectivity index (χ2n) is 10.0. The number of carbonyl (C=O) groups excluding carboxylic acids is 1. The number of carbonyl (C=O) groups is 1. The maximum atomic E-state index is 13.1. The Morgan fingerprint density at radius 1 is 1.10 bits per heavy atom. The van der Waals surface area contributed by atoms with Crippen LogP contribution in [0.3, 0.4) is 0 Å². The molecule has 1 amide bonds. The van der Waals surface area contributed by atoms with E-state index in [1.165, 1.54) is 48.9 Å². The quantitative estimate of drug-likeness (QED) is 0.776. The largest absolute Gasteiger partial charge is 0.379 e. The lowest BCUT2D eigenvalue weighted by Crippen LogP contribution is -2.55. The van der Waals surface area contributed by atoms with E-state index in [9.17, 15) is 13.2 Å². The van der Waals surface area contributed by atoms with Crippen molar-refractivity contribution in [2.24, 2.45) is 23.2 Å². The fourth-order valence-corrected chi connectivity index (χ4v) is 8.33. The monoisotopic (exact) mass is 432 g/mol. The first-order chi connectivity index (χ1) is 14.4. The van der Waals surface area contributed by atoms with Crippen molar-refractivity contribution in [1.29, 1.82) is 0 Å². The van der Waals surface area contributed by atoms with Crippen molar-refractivity contribution in [3.05, 3.63) is 29.8 Å². The molecule has 7 heteroatoms. The van der Waals surface area contributed by atoms with Crippen molar-refractivity contribution in [2.75, 3.05) is 26.3 Å². The van der Waals surface area contributed by atoms with Gasteiger partial charge in [0.05, 0.1) is 18.1 Å². The van der Waals surface area contributed by atoms with E-state index in [0.29, 0.717) is 31.9 Å². The number of amides is 1. The highest BCUT2D eigenvalue weighted by Crippen LogP contribution is 2.61. The first-order valence-corrected chi connectivity index (χ1v) is 12.8. The summed E-state index contributed by atoms with van der Waals surface area (Å²) in [4.78, 5) is 13.2. The Morgan fingerprint density at radius 3 is 2.30 bits per heavy atom. The molecule has 4 bridgehead atoms. The van der Waals surface area contributed by atoms with Crippen LogP contribution in [-0.4, -0.2) is 51.0 Å². The van der Waals surface area contributed by atoms with E-state index >= 15 is 0 Å². The molecule has 6 nitrogen and oxygen atoms in total. The predicted molar refractivity (Wildman–Crippen MR) is 114 cm³/mol. The molecule has 1 atom stereocenters. The molecule has 0 aromatic heterocycles.